The molecule has 0 spiro atoms. The molecule has 0 aromatic heterocycles. The summed E-state index contributed by atoms with van der Waals surface area (Å²) in [6.07, 6.45) is 0.578. The molecule has 0 saturated carbocycles. The highest BCUT2D eigenvalue weighted by Crippen LogP contribution is 2.17. The zero-order valence-electron chi connectivity index (χ0n) is 9.12. The summed E-state index contributed by atoms with van der Waals surface area (Å²) in [4.78, 5) is 11.3. The maximum atomic E-state index is 11.3. The van der Waals surface area contributed by atoms with Crippen molar-refractivity contribution in [1.29, 1.82) is 0 Å². The van der Waals surface area contributed by atoms with E-state index in [0.717, 1.165) is 6.42 Å². The van der Waals surface area contributed by atoms with E-state index < -0.39 is 6.10 Å². The van der Waals surface area contributed by atoms with Crippen LogP contribution in [0.1, 0.15) is 38.4 Å². The molecule has 3 heteroatoms. The Morgan fingerprint density at radius 3 is 2.80 bits per heavy atom. The largest absolute Gasteiger partial charge is 0.326 e. The van der Waals surface area contributed by atoms with Crippen LogP contribution in [-0.4, -0.2) is 5.91 Å². The molecule has 0 aliphatic heterocycles. The van der Waals surface area contributed by atoms with Crippen LogP contribution in [0.4, 0.5) is 5.69 Å². The zero-order chi connectivity index (χ0) is 11.3. The molecule has 1 rings (SSSR count). The third-order valence-electron chi connectivity index (χ3n) is 2.12. The Hall–Kier alpha value is -1.35. The molecule has 0 heterocycles. The fourth-order valence-corrected chi connectivity index (χ4v) is 1.32. The van der Waals surface area contributed by atoms with E-state index in [1.165, 1.54) is 0 Å². The van der Waals surface area contributed by atoms with Gasteiger partial charge in [0.15, 0.2) is 0 Å². The van der Waals surface area contributed by atoms with Crippen molar-refractivity contribution < 1.29 is 9.90 Å². The summed E-state index contributed by atoms with van der Waals surface area (Å²) in [6, 6.07) is 7.07. The molecular weight excluding hydrogens is 190 g/mol. The fraction of sp³-hybridized carbons (Fsp3) is 0.417. The van der Waals surface area contributed by atoms with E-state index in [4.69, 9.17) is 0 Å². The average molecular weight is 206 g/mol. The molecule has 3 nitrogen and oxygen atoms in total. The Balaban J connectivity index is 2.69. The first-order valence-electron chi connectivity index (χ1n) is 5.19. The highest BCUT2D eigenvalue weighted by atomic mass is 16.3. The van der Waals surface area contributed by atoms with Crippen molar-refractivity contribution in [2.45, 2.75) is 32.8 Å². The van der Waals surface area contributed by atoms with Gasteiger partial charge in [0.1, 0.15) is 6.10 Å². The molecule has 1 aromatic rings. The number of rotatable bonds is 4. The highest BCUT2D eigenvalue weighted by molar-refractivity contribution is 5.90. The minimum Gasteiger partial charge on any atom is -0.326 e. The third-order valence-corrected chi connectivity index (χ3v) is 2.12. The summed E-state index contributed by atoms with van der Waals surface area (Å²) in [5.74, 6) is -0.00629. The van der Waals surface area contributed by atoms with Crippen molar-refractivity contribution in [3.63, 3.8) is 0 Å². The minimum atomic E-state index is -0.756. The molecule has 0 aliphatic carbocycles. The van der Waals surface area contributed by atoms with Gasteiger partial charge in [-0.3, -0.25) is 4.79 Å². The maximum absolute atomic E-state index is 11.3. The molecule has 1 N–H and O–H groups in total. The second-order valence-corrected chi connectivity index (χ2v) is 3.57. The predicted molar refractivity (Wildman–Crippen MR) is 59.1 cm³/mol. The lowest BCUT2D eigenvalue weighted by molar-refractivity contribution is -0.116. The molecule has 0 fully saturated rings. The molecule has 0 bridgehead atoms. The Kier molecular flexibility index (Phi) is 4.31. The number of benzene rings is 1. The lowest BCUT2D eigenvalue weighted by atomic mass is 10.1. The van der Waals surface area contributed by atoms with Gasteiger partial charge in [-0.05, 0) is 31.0 Å². The molecule has 1 aromatic carbocycles. The first kappa shape index (κ1) is 11.7. The first-order chi connectivity index (χ1) is 7.13. The van der Waals surface area contributed by atoms with Crippen LogP contribution in [0.5, 0.6) is 0 Å². The van der Waals surface area contributed by atoms with Crippen LogP contribution >= 0.6 is 0 Å². The van der Waals surface area contributed by atoms with Gasteiger partial charge in [0.05, 0.1) is 0 Å². The fourth-order valence-electron chi connectivity index (χ4n) is 1.32. The predicted octanol–water partition coefficient (Wildman–Crippen LogP) is 2.92. The number of hydrogen-bond acceptors (Lipinski definition) is 1. The summed E-state index contributed by atoms with van der Waals surface area (Å²) in [6.45, 7) is 3.54. The van der Waals surface area contributed by atoms with E-state index in [2.05, 4.69) is 5.32 Å². The number of carbonyl (C=O) groups is 1. The number of hydrogen-bond donors (Lipinski definition) is 1. The van der Waals surface area contributed by atoms with Crippen LogP contribution in [0.25, 0.3) is 0 Å². The smallest absolute Gasteiger partial charge is 0.224 e. The summed E-state index contributed by atoms with van der Waals surface area (Å²) >= 11 is 0. The van der Waals surface area contributed by atoms with Crippen molar-refractivity contribution in [1.82, 2.24) is 0 Å². The van der Waals surface area contributed by atoms with E-state index in [0.29, 0.717) is 17.7 Å². The molecule has 81 valence electrons. The van der Waals surface area contributed by atoms with Crippen LogP contribution in [-0.2, 0) is 9.90 Å². The quantitative estimate of drug-likeness (QED) is 0.809. The Labute approximate surface area is 90.1 Å². The monoisotopic (exact) mass is 206 g/mol. The van der Waals surface area contributed by atoms with E-state index in [9.17, 15) is 9.90 Å². The molecule has 1 amide bonds. The van der Waals surface area contributed by atoms with E-state index in [1.54, 1.807) is 31.2 Å². The summed E-state index contributed by atoms with van der Waals surface area (Å²) in [5.41, 5.74) is 1.40. The van der Waals surface area contributed by atoms with Gasteiger partial charge in [-0.2, -0.15) is 0 Å². The second kappa shape index (κ2) is 5.51. The third kappa shape index (κ3) is 3.72. The maximum Gasteiger partial charge on any atom is 0.224 e. The van der Waals surface area contributed by atoms with Gasteiger partial charge >= 0.3 is 0 Å². The minimum absolute atomic E-state index is 0.00629. The lowest BCUT2D eigenvalue weighted by Crippen LogP contribution is -2.10. The molecular formula is C12H16NO2. The van der Waals surface area contributed by atoms with Gasteiger partial charge in [0.2, 0.25) is 5.91 Å². The molecule has 0 saturated heterocycles. The Morgan fingerprint density at radius 1 is 1.47 bits per heavy atom. The Bertz CT molecular complexity index is 334. The average Bonchev–Trinajstić information content (AvgIpc) is 2.18. The van der Waals surface area contributed by atoms with Crippen molar-refractivity contribution >= 4 is 11.6 Å². The number of nitrogens with one attached hydrogen (secondary N) is 1. The van der Waals surface area contributed by atoms with Gasteiger partial charge in [-0.1, -0.05) is 19.1 Å². The van der Waals surface area contributed by atoms with Gasteiger partial charge in [0, 0.05) is 12.1 Å². The van der Waals surface area contributed by atoms with Gasteiger partial charge in [-0.25, -0.2) is 5.11 Å². The molecule has 1 atom stereocenters. The standard InChI is InChI=1S/C12H16NO2/c1-3-5-12(15)13-11-7-4-6-10(8-11)9(2)14/h4,6-9H,3,5H2,1-2H3,(H,13,15). The lowest BCUT2D eigenvalue weighted by Gasteiger charge is -2.07. The summed E-state index contributed by atoms with van der Waals surface area (Å²) in [5, 5.41) is 13.9. The van der Waals surface area contributed by atoms with Crippen molar-refractivity contribution in [2.75, 3.05) is 5.32 Å². The Morgan fingerprint density at radius 2 is 2.20 bits per heavy atom. The van der Waals surface area contributed by atoms with Crippen molar-refractivity contribution in [3.05, 3.63) is 29.8 Å². The SMILES string of the molecule is CCCC(=O)Nc1cccc(C(C)[O])c1. The van der Waals surface area contributed by atoms with Gasteiger partial charge in [0.25, 0.3) is 0 Å². The molecule has 15 heavy (non-hydrogen) atoms. The van der Waals surface area contributed by atoms with Gasteiger partial charge < -0.3 is 5.32 Å². The summed E-state index contributed by atoms with van der Waals surface area (Å²) < 4.78 is 0. The first-order valence-corrected chi connectivity index (χ1v) is 5.19. The van der Waals surface area contributed by atoms with Crippen molar-refractivity contribution in [3.8, 4) is 0 Å². The van der Waals surface area contributed by atoms with Crippen LogP contribution in [0.15, 0.2) is 24.3 Å². The normalized spacial score (nSPS) is 12.2. The topological polar surface area (TPSA) is 49.0 Å². The number of carbonyl (C=O) groups excluding carboxylic acids is 1. The molecule has 1 radical (unpaired) electrons. The van der Waals surface area contributed by atoms with E-state index in [1.807, 2.05) is 6.92 Å². The summed E-state index contributed by atoms with van der Waals surface area (Å²) in [7, 11) is 0. The number of amides is 1. The molecule has 1 unspecified atom stereocenters. The van der Waals surface area contributed by atoms with Crippen LogP contribution in [0.3, 0.4) is 0 Å². The second-order valence-electron chi connectivity index (χ2n) is 3.57. The van der Waals surface area contributed by atoms with Crippen LogP contribution in [0, 0.1) is 0 Å². The zero-order valence-corrected chi connectivity index (χ0v) is 9.12. The molecule has 0 aliphatic rings. The van der Waals surface area contributed by atoms with E-state index >= 15 is 0 Å². The van der Waals surface area contributed by atoms with Crippen molar-refractivity contribution in [2.24, 2.45) is 0 Å². The number of anilines is 1. The highest BCUT2D eigenvalue weighted by Gasteiger charge is 2.05. The van der Waals surface area contributed by atoms with Crippen LogP contribution < -0.4 is 5.32 Å². The van der Waals surface area contributed by atoms with E-state index in [-0.39, 0.29) is 5.91 Å². The van der Waals surface area contributed by atoms with Crippen LogP contribution in [0.2, 0.25) is 0 Å². The van der Waals surface area contributed by atoms with Gasteiger partial charge in [-0.15, -0.1) is 0 Å².